The Kier molecular flexibility index (Phi) is 9.90. The Morgan fingerprint density at radius 2 is 1.26 bits per heavy atom. The van der Waals surface area contributed by atoms with Crippen LogP contribution in [0.3, 0.4) is 0 Å². The predicted molar refractivity (Wildman–Crippen MR) is 158 cm³/mol. The molecule has 0 fully saturated rings. The number of carboxylic acid groups (broad SMARTS) is 1. The highest BCUT2D eigenvalue weighted by atomic mass is 32.2. The Labute approximate surface area is 246 Å². The molecule has 1 unspecified atom stereocenters. The van der Waals surface area contributed by atoms with Crippen molar-refractivity contribution in [1.82, 2.24) is 4.72 Å². The molecule has 3 aromatic carbocycles. The second kappa shape index (κ2) is 12.8. The quantitative estimate of drug-likeness (QED) is 0.165. The van der Waals surface area contributed by atoms with Gasteiger partial charge in [0.25, 0.3) is 0 Å². The third-order valence-electron chi connectivity index (χ3n) is 7.36. The van der Waals surface area contributed by atoms with Gasteiger partial charge in [-0.1, -0.05) is 25.1 Å². The van der Waals surface area contributed by atoms with Crippen LogP contribution in [0.5, 0.6) is 23.0 Å². The van der Waals surface area contributed by atoms with Gasteiger partial charge in [0.2, 0.25) is 10.0 Å². The first-order chi connectivity index (χ1) is 19.7. The highest BCUT2D eigenvalue weighted by molar-refractivity contribution is 7.89. The van der Waals surface area contributed by atoms with Crippen molar-refractivity contribution >= 4 is 22.0 Å². The molecule has 2 N–H and O–H groups in total. The summed E-state index contributed by atoms with van der Waals surface area (Å²) >= 11 is 0. The molecule has 0 aliphatic carbocycles. The summed E-state index contributed by atoms with van der Waals surface area (Å²) < 4.78 is 51.6. The van der Waals surface area contributed by atoms with E-state index in [-0.39, 0.29) is 33.3 Å². The number of carboxylic acids is 1. The number of esters is 1. The maximum absolute atomic E-state index is 13.7. The molecule has 0 aliphatic rings. The standard InChI is InChI=1S/C31H37NO9S/c1-10-23(32-42(36,37)22-14-12-11-13-15-22)40-26-19(5)17(3)25(29(39-9)20(26)6)31(35)41-27-18(4)16(2)24(30(33)34)28(38-8)21(27)7/h11-15,23,32H,10H2,1-9H3,(H,33,34). The number of hydrogen-bond acceptors (Lipinski definition) is 8. The fourth-order valence-corrected chi connectivity index (χ4v) is 6.07. The topological polar surface area (TPSA) is 137 Å². The Morgan fingerprint density at radius 3 is 1.79 bits per heavy atom. The van der Waals surface area contributed by atoms with Crippen LogP contribution in [0.15, 0.2) is 35.2 Å². The van der Waals surface area contributed by atoms with Gasteiger partial charge in [-0.2, -0.15) is 4.72 Å². The second-order valence-electron chi connectivity index (χ2n) is 9.87. The maximum Gasteiger partial charge on any atom is 0.347 e. The fraction of sp³-hybridized carbons (Fsp3) is 0.355. The number of carbonyl (C=O) groups excluding carboxylic acids is 1. The molecule has 3 aromatic rings. The average Bonchev–Trinajstić information content (AvgIpc) is 2.96. The minimum Gasteiger partial charge on any atom is -0.495 e. The SMILES string of the molecule is CCC(NS(=O)(=O)c1ccccc1)Oc1c(C)c(C)c(C(=O)Oc2c(C)c(C)c(C(=O)O)c(OC)c2C)c(OC)c1C. The smallest absolute Gasteiger partial charge is 0.347 e. The lowest BCUT2D eigenvalue weighted by Crippen LogP contribution is -2.39. The van der Waals surface area contributed by atoms with Crippen molar-refractivity contribution in [1.29, 1.82) is 0 Å². The zero-order chi connectivity index (χ0) is 31.5. The van der Waals surface area contributed by atoms with Crippen LogP contribution in [0, 0.1) is 41.5 Å². The number of hydrogen-bond donors (Lipinski definition) is 2. The molecular weight excluding hydrogens is 562 g/mol. The Hall–Kier alpha value is -4.09. The predicted octanol–water partition coefficient (Wildman–Crippen LogP) is 5.57. The van der Waals surface area contributed by atoms with Crippen molar-refractivity contribution < 1.29 is 42.1 Å². The molecule has 11 heteroatoms. The lowest BCUT2D eigenvalue weighted by atomic mass is 9.95. The molecule has 226 valence electrons. The molecule has 1 atom stereocenters. The molecule has 0 bridgehead atoms. The summed E-state index contributed by atoms with van der Waals surface area (Å²) in [6.07, 6.45) is -0.578. The number of benzene rings is 3. The maximum atomic E-state index is 13.7. The molecule has 0 aromatic heterocycles. The van der Waals surface area contributed by atoms with E-state index in [0.29, 0.717) is 45.6 Å². The minimum absolute atomic E-state index is 0.00242. The van der Waals surface area contributed by atoms with Crippen molar-refractivity contribution in [3.05, 3.63) is 74.8 Å². The van der Waals surface area contributed by atoms with Crippen molar-refractivity contribution in [2.24, 2.45) is 0 Å². The van der Waals surface area contributed by atoms with Crippen molar-refractivity contribution in [2.75, 3.05) is 14.2 Å². The molecule has 0 saturated heterocycles. The summed E-state index contributed by atoms with van der Waals surface area (Å²) in [5.41, 5.74) is 3.02. The van der Waals surface area contributed by atoms with E-state index in [1.165, 1.54) is 26.4 Å². The van der Waals surface area contributed by atoms with E-state index in [9.17, 15) is 23.1 Å². The Bertz CT molecular complexity index is 1630. The van der Waals surface area contributed by atoms with E-state index >= 15 is 0 Å². The highest BCUT2D eigenvalue weighted by Crippen LogP contribution is 2.42. The zero-order valence-corrected chi connectivity index (χ0v) is 26.1. The molecule has 0 spiro atoms. The fourth-order valence-electron chi connectivity index (χ4n) is 4.86. The van der Waals surface area contributed by atoms with Gasteiger partial charge in [-0.3, -0.25) is 0 Å². The largest absolute Gasteiger partial charge is 0.495 e. The van der Waals surface area contributed by atoms with Gasteiger partial charge in [-0.05, 0) is 82.3 Å². The van der Waals surface area contributed by atoms with E-state index in [0.717, 1.165) is 0 Å². The van der Waals surface area contributed by atoms with Gasteiger partial charge in [0, 0.05) is 11.1 Å². The van der Waals surface area contributed by atoms with Crippen molar-refractivity contribution in [3.8, 4) is 23.0 Å². The highest BCUT2D eigenvalue weighted by Gasteiger charge is 2.30. The molecule has 0 saturated carbocycles. The van der Waals surface area contributed by atoms with Gasteiger partial charge in [-0.25, -0.2) is 18.0 Å². The molecule has 0 heterocycles. The summed E-state index contributed by atoms with van der Waals surface area (Å²) in [4.78, 5) is 25.7. The molecule has 42 heavy (non-hydrogen) atoms. The molecule has 10 nitrogen and oxygen atoms in total. The van der Waals surface area contributed by atoms with Gasteiger partial charge < -0.3 is 24.1 Å². The zero-order valence-electron chi connectivity index (χ0n) is 25.3. The van der Waals surface area contributed by atoms with E-state index < -0.39 is 28.2 Å². The van der Waals surface area contributed by atoms with Crippen molar-refractivity contribution in [3.63, 3.8) is 0 Å². The number of ether oxygens (including phenoxy) is 4. The Morgan fingerprint density at radius 1 is 0.762 bits per heavy atom. The van der Waals surface area contributed by atoms with Gasteiger partial charge in [-0.15, -0.1) is 0 Å². The van der Waals surface area contributed by atoms with Crippen molar-refractivity contribution in [2.45, 2.75) is 66.0 Å². The first-order valence-corrected chi connectivity index (χ1v) is 14.7. The summed E-state index contributed by atoms with van der Waals surface area (Å²) in [7, 11) is -1.08. The van der Waals surface area contributed by atoms with Crippen LogP contribution >= 0.6 is 0 Å². The van der Waals surface area contributed by atoms with Gasteiger partial charge in [0.05, 0.1) is 19.1 Å². The monoisotopic (exact) mass is 599 g/mol. The van der Waals surface area contributed by atoms with Crippen LogP contribution in [-0.2, 0) is 10.0 Å². The lowest BCUT2D eigenvalue weighted by Gasteiger charge is -2.25. The van der Waals surface area contributed by atoms with Gasteiger partial charge in [0.15, 0.2) is 6.23 Å². The number of sulfonamides is 1. The molecule has 0 radical (unpaired) electrons. The number of nitrogens with one attached hydrogen (secondary N) is 1. The number of carbonyl (C=O) groups is 2. The summed E-state index contributed by atoms with van der Waals surface area (Å²) in [5, 5.41) is 9.72. The van der Waals surface area contributed by atoms with Crippen LogP contribution in [0.2, 0.25) is 0 Å². The second-order valence-corrected chi connectivity index (χ2v) is 11.6. The molecule has 0 aliphatic heterocycles. The van der Waals surface area contributed by atoms with Gasteiger partial charge in [0.1, 0.15) is 34.1 Å². The summed E-state index contributed by atoms with van der Waals surface area (Å²) in [6, 6.07) is 7.99. The van der Waals surface area contributed by atoms with E-state index in [1.54, 1.807) is 66.7 Å². The summed E-state index contributed by atoms with van der Waals surface area (Å²) in [6.45, 7) is 11.9. The third kappa shape index (κ3) is 6.07. The minimum atomic E-state index is -3.85. The molecule has 3 rings (SSSR count). The first-order valence-electron chi connectivity index (χ1n) is 13.3. The number of methoxy groups -OCH3 is 2. The first kappa shape index (κ1) is 32.4. The van der Waals surface area contributed by atoms with Gasteiger partial charge >= 0.3 is 11.9 Å². The molecular formula is C31H37NO9S. The number of aromatic carboxylic acids is 1. The molecule has 0 amide bonds. The van der Waals surface area contributed by atoms with Crippen LogP contribution in [0.1, 0.15) is 67.4 Å². The van der Waals surface area contributed by atoms with Crippen LogP contribution in [-0.4, -0.2) is 45.9 Å². The normalized spacial score (nSPS) is 12.0. The van der Waals surface area contributed by atoms with E-state index in [2.05, 4.69) is 4.72 Å². The Balaban J connectivity index is 2.05. The van der Waals surface area contributed by atoms with Crippen LogP contribution < -0.4 is 23.7 Å². The van der Waals surface area contributed by atoms with Crippen LogP contribution in [0.4, 0.5) is 0 Å². The number of rotatable bonds is 11. The van der Waals surface area contributed by atoms with E-state index in [4.69, 9.17) is 18.9 Å². The third-order valence-corrected chi connectivity index (χ3v) is 8.83. The van der Waals surface area contributed by atoms with Crippen LogP contribution in [0.25, 0.3) is 0 Å². The average molecular weight is 600 g/mol. The summed E-state index contributed by atoms with van der Waals surface area (Å²) in [5.74, 6) is -0.979. The van der Waals surface area contributed by atoms with E-state index in [1.807, 2.05) is 0 Å². The lowest BCUT2D eigenvalue weighted by molar-refractivity contribution is 0.0692.